The molecule has 0 amide bonds. The molecule has 0 atom stereocenters. The van der Waals surface area contributed by atoms with Crippen LogP contribution in [0.1, 0.15) is 15.9 Å². The first-order valence-corrected chi connectivity index (χ1v) is 5.76. The number of pyridine rings is 1. The van der Waals surface area contributed by atoms with Crippen molar-refractivity contribution >= 4 is 23.4 Å². The van der Waals surface area contributed by atoms with E-state index in [1.165, 1.54) is 18.3 Å². The lowest BCUT2D eigenvalue weighted by Gasteiger charge is -2.01. The third kappa shape index (κ3) is 3.53. The first-order chi connectivity index (χ1) is 9.16. The van der Waals surface area contributed by atoms with Crippen molar-refractivity contribution in [2.24, 2.45) is 10.9 Å². The zero-order valence-corrected chi connectivity index (χ0v) is 10.5. The van der Waals surface area contributed by atoms with Crippen LogP contribution in [0.2, 0.25) is 5.15 Å². The van der Waals surface area contributed by atoms with Crippen molar-refractivity contribution in [3.63, 3.8) is 0 Å². The van der Waals surface area contributed by atoms with Crippen LogP contribution in [0.3, 0.4) is 0 Å². The molecule has 0 radical (unpaired) electrons. The Morgan fingerprint density at radius 3 is 2.63 bits per heavy atom. The molecule has 1 heterocycles. The van der Waals surface area contributed by atoms with E-state index in [9.17, 15) is 4.79 Å². The van der Waals surface area contributed by atoms with Crippen LogP contribution in [-0.2, 0) is 4.84 Å². The quantitative estimate of drug-likeness (QED) is 0.306. The van der Waals surface area contributed by atoms with E-state index in [0.717, 1.165) is 0 Å². The summed E-state index contributed by atoms with van der Waals surface area (Å²) in [5.41, 5.74) is 6.61. The third-order valence-corrected chi connectivity index (χ3v) is 2.47. The van der Waals surface area contributed by atoms with Gasteiger partial charge in [0.25, 0.3) is 0 Å². The monoisotopic (exact) mass is 275 g/mol. The summed E-state index contributed by atoms with van der Waals surface area (Å²) in [7, 11) is 0. The van der Waals surface area contributed by atoms with Gasteiger partial charge in [-0.25, -0.2) is 9.78 Å². The second-order valence-electron chi connectivity index (χ2n) is 3.59. The van der Waals surface area contributed by atoms with Crippen molar-refractivity contribution in [1.82, 2.24) is 4.98 Å². The zero-order chi connectivity index (χ0) is 13.7. The van der Waals surface area contributed by atoms with Gasteiger partial charge in [-0.05, 0) is 12.1 Å². The highest BCUT2D eigenvalue weighted by atomic mass is 35.5. The van der Waals surface area contributed by atoms with Crippen molar-refractivity contribution in [2.75, 3.05) is 0 Å². The number of nitrogens with two attached hydrogens (primary N) is 1. The van der Waals surface area contributed by atoms with E-state index in [4.69, 9.17) is 22.2 Å². The van der Waals surface area contributed by atoms with Crippen LogP contribution in [0.25, 0.3) is 0 Å². The Bertz CT molecular complexity index is 614. The number of oxime groups is 1. The summed E-state index contributed by atoms with van der Waals surface area (Å²) in [6, 6.07) is 11.8. The van der Waals surface area contributed by atoms with Crippen LogP contribution in [0.15, 0.2) is 53.8 Å². The molecule has 0 aliphatic rings. The zero-order valence-electron chi connectivity index (χ0n) is 9.79. The third-order valence-electron chi connectivity index (χ3n) is 2.26. The molecule has 5 nitrogen and oxygen atoms in total. The van der Waals surface area contributed by atoms with E-state index >= 15 is 0 Å². The fourth-order valence-corrected chi connectivity index (χ4v) is 1.51. The summed E-state index contributed by atoms with van der Waals surface area (Å²) in [5.74, 6) is -0.530. The molecule has 0 unspecified atom stereocenters. The standard InChI is InChI=1S/C13H10ClN3O2/c14-11-8-10(6-7-16-11)13(18)19-17-12(15)9-4-2-1-3-5-9/h1-8H,(H2,15,17). The number of rotatable bonds is 3. The maximum absolute atomic E-state index is 11.7. The molecule has 2 rings (SSSR count). The second-order valence-corrected chi connectivity index (χ2v) is 3.98. The smallest absolute Gasteiger partial charge is 0.365 e. The van der Waals surface area contributed by atoms with Gasteiger partial charge in [0.15, 0.2) is 5.84 Å². The number of carbonyl (C=O) groups excluding carboxylic acids is 1. The number of amidine groups is 1. The van der Waals surface area contributed by atoms with E-state index in [-0.39, 0.29) is 16.6 Å². The molecular weight excluding hydrogens is 266 g/mol. The Hall–Kier alpha value is -2.40. The molecule has 0 fully saturated rings. The van der Waals surface area contributed by atoms with Gasteiger partial charge >= 0.3 is 5.97 Å². The molecule has 19 heavy (non-hydrogen) atoms. The Morgan fingerprint density at radius 1 is 1.21 bits per heavy atom. The minimum Gasteiger partial charge on any atom is -0.380 e. The van der Waals surface area contributed by atoms with E-state index in [1.807, 2.05) is 18.2 Å². The van der Waals surface area contributed by atoms with Gasteiger partial charge in [0.05, 0.1) is 5.56 Å². The summed E-state index contributed by atoms with van der Waals surface area (Å²) in [6.45, 7) is 0. The minimum absolute atomic E-state index is 0.120. The highest BCUT2D eigenvalue weighted by Crippen LogP contribution is 2.08. The first-order valence-electron chi connectivity index (χ1n) is 5.38. The number of halogens is 1. The lowest BCUT2D eigenvalue weighted by atomic mass is 10.2. The highest BCUT2D eigenvalue weighted by Gasteiger charge is 2.08. The minimum atomic E-state index is -0.650. The van der Waals surface area contributed by atoms with Crippen LogP contribution < -0.4 is 5.73 Å². The molecule has 0 aliphatic heterocycles. The molecule has 1 aromatic carbocycles. The number of hydrogen-bond donors (Lipinski definition) is 1. The largest absolute Gasteiger partial charge is 0.380 e. The molecular formula is C13H10ClN3O2. The fourth-order valence-electron chi connectivity index (χ4n) is 1.33. The first kappa shape index (κ1) is 13.0. The molecule has 2 N–H and O–H groups in total. The highest BCUT2D eigenvalue weighted by molar-refractivity contribution is 6.29. The SMILES string of the molecule is N/C(=N/OC(=O)c1ccnc(Cl)c1)c1ccccc1. The maximum Gasteiger partial charge on any atom is 0.365 e. The Morgan fingerprint density at radius 2 is 1.95 bits per heavy atom. The van der Waals surface area contributed by atoms with Gasteiger partial charge in [-0.15, -0.1) is 0 Å². The van der Waals surface area contributed by atoms with Crippen molar-refractivity contribution in [3.05, 3.63) is 64.9 Å². The summed E-state index contributed by atoms with van der Waals surface area (Å²) >= 11 is 5.67. The predicted octanol–water partition coefficient (Wildman–Crippen LogP) is 2.21. The fraction of sp³-hybridized carbons (Fsp3) is 0. The molecule has 0 aliphatic carbocycles. The summed E-state index contributed by atoms with van der Waals surface area (Å²) in [5, 5.41) is 3.78. The van der Waals surface area contributed by atoms with Gasteiger partial charge in [0, 0.05) is 11.8 Å². The van der Waals surface area contributed by atoms with Gasteiger partial charge in [-0.1, -0.05) is 47.1 Å². The van der Waals surface area contributed by atoms with E-state index in [0.29, 0.717) is 5.56 Å². The van der Waals surface area contributed by atoms with Crippen LogP contribution in [0.5, 0.6) is 0 Å². The van der Waals surface area contributed by atoms with Crippen molar-refractivity contribution in [2.45, 2.75) is 0 Å². The summed E-state index contributed by atoms with van der Waals surface area (Å²) in [6.07, 6.45) is 1.41. The van der Waals surface area contributed by atoms with Crippen molar-refractivity contribution < 1.29 is 9.63 Å². The van der Waals surface area contributed by atoms with Gasteiger partial charge in [0.1, 0.15) is 5.15 Å². The molecule has 0 saturated heterocycles. The molecule has 96 valence electrons. The summed E-state index contributed by atoms with van der Waals surface area (Å²) in [4.78, 5) is 20.2. The maximum atomic E-state index is 11.7. The van der Waals surface area contributed by atoms with Crippen LogP contribution in [0, 0.1) is 0 Å². The second kappa shape index (κ2) is 5.97. The summed E-state index contributed by atoms with van der Waals surface area (Å²) < 4.78 is 0. The molecule has 1 aromatic heterocycles. The van der Waals surface area contributed by atoms with Gasteiger partial charge < -0.3 is 10.6 Å². The predicted molar refractivity (Wildman–Crippen MR) is 71.8 cm³/mol. The average molecular weight is 276 g/mol. The molecule has 0 saturated carbocycles. The molecule has 2 aromatic rings. The Kier molecular flexibility index (Phi) is 4.10. The molecule has 6 heteroatoms. The van der Waals surface area contributed by atoms with Crippen molar-refractivity contribution in [3.8, 4) is 0 Å². The number of nitrogens with zero attached hydrogens (tertiary/aromatic N) is 2. The molecule has 0 bridgehead atoms. The molecule has 0 spiro atoms. The normalized spacial score (nSPS) is 11.1. The number of aromatic nitrogens is 1. The van der Waals surface area contributed by atoms with E-state index in [2.05, 4.69) is 10.1 Å². The van der Waals surface area contributed by atoms with Crippen LogP contribution >= 0.6 is 11.6 Å². The van der Waals surface area contributed by atoms with Gasteiger partial charge in [-0.3, -0.25) is 0 Å². The number of benzene rings is 1. The van der Waals surface area contributed by atoms with Crippen LogP contribution in [0.4, 0.5) is 0 Å². The number of hydrogen-bond acceptors (Lipinski definition) is 4. The van der Waals surface area contributed by atoms with E-state index < -0.39 is 5.97 Å². The van der Waals surface area contributed by atoms with Gasteiger partial charge in [-0.2, -0.15) is 0 Å². The lowest BCUT2D eigenvalue weighted by molar-refractivity contribution is 0.0516. The Balaban J connectivity index is 2.08. The van der Waals surface area contributed by atoms with Crippen molar-refractivity contribution in [1.29, 1.82) is 0 Å². The van der Waals surface area contributed by atoms with E-state index in [1.54, 1.807) is 12.1 Å². The van der Waals surface area contributed by atoms with Crippen LogP contribution in [-0.4, -0.2) is 16.8 Å². The number of carbonyl (C=O) groups is 1. The topological polar surface area (TPSA) is 77.6 Å². The Labute approximate surface area is 114 Å². The van der Waals surface area contributed by atoms with Gasteiger partial charge in [0.2, 0.25) is 0 Å². The average Bonchev–Trinajstić information content (AvgIpc) is 2.45. The lowest BCUT2D eigenvalue weighted by Crippen LogP contribution is -2.15.